The molecule has 37 heavy (non-hydrogen) atoms. The average Bonchev–Trinajstić information content (AvgIpc) is 3.37. The number of benzene rings is 2. The number of Topliss-reactive ketones (excluding diaryl/α,β-unsaturated/α-hetero) is 1. The number of esters is 1. The van der Waals surface area contributed by atoms with Crippen LogP contribution in [0.15, 0.2) is 42.0 Å². The van der Waals surface area contributed by atoms with Gasteiger partial charge in [0.1, 0.15) is 16.4 Å². The molecule has 1 saturated heterocycles. The molecule has 0 bridgehead atoms. The zero-order valence-electron chi connectivity index (χ0n) is 20.3. The van der Waals surface area contributed by atoms with Crippen molar-refractivity contribution in [3.05, 3.63) is 79.3 Å². The van der Waals surface area contributed by atoms with Gasteiger partial charge in [0.25, 0.3) is 5.78 Å². The largest absolute Gasteiger partial charge is 0.507 e. The van der Waals surface area contributed by atoms with Crippen LogP contribution in [0.4, 0.5) is 5.13 Å². The van der Waals surface area contributed by atoms with Gasteiger partial charge in [-0.25, -0.2) is 9.78 Å². The van der Waals surface area contributed by atoms with Crippen molar-refractivity contribution in [1.82, 2.24) is 4.98 Å². The Morgan fingerprint density at radius 1 is 1.14 bits per heavy atom. The predicted octanol–water partition coefficient (Wildman–Crippen LogP) is 5.88. The van der Waals surface area contributed by atoms with Crippen molar-refractivity contribution in [3.8, 4) is 5.75 Å². The summed E-state index contributed by atoms with van der Waals surface area (Å²) in [7, 11) is 1.53. The molecule has 2 heterocycles. The predicted molar refractivity (Wildman–Crippen MR) is 142 cm³/mol. The number of nitrogens with zero attached hydrogens (tertiary/aromatic N) is 2. The topological polar surface area (TPSA) is 106 Å². The second kappa shape index (κ2) is 10.5. The molecule has 192 valence electrons. The highest BCUT2D eigenvalue weighted by Gasteiger charge is 2.48. The van der Waals surface area contributed by atoms with Crippen LogP contribution in [0.1, 0.15) is 45.0 Å². The van der Waals surface area contributed by atoms with E-state index in [2.05, 4.69) is 4.98 Å². The lowest BCUT2D eigenvalue weighted by molar-refractivity contribution is -0.132. The number of halogens is 2. The van der Waals surface area contributed by atoms with E-state index in [1.54, 1.807) is 45.0 Å². The van der Waals surface area contributed by atoms with Crippen molar-refractivity contribution < 1.29 is 29.0 Å². The van der Waals surface area contributed by atoms with E-state index in [4.69, 9.17) is 32.7 Å². The van der Waals surface area contributed by atoms with E-state index in [1.807, 2.05) is 0 Å². The van der Waals surface area contributed by atoms with Gasteiger partial charge in [0.05, 0.1) is 41.1 Å². The van der Waals surface area contributed by atoms with Gasteiger partial charge in [0.15, 0.2) is 5.13 Å². The zero-order chi connectivity index (χ0) is 27.0. The van der Waals surface area contributed by atoms with Crippen molar-refractivity contribution in [2.24, 2.45) is 0 Å². The van der Waals surface area contributed by atoms with Gasteiger partial charge in [-0.15, -0.1) is 0 Å². The third kappa shape index (κ3) is 4.82. The first-order chi connectivity index (χ1) is 17.6. The van der Waals surface area contributed by atoms with E-state index in [0.717, 1.165) is 21.8 Å². The third-order valence-corrected chi connectivity index (χ3v) is 7.70. The van der Waals surface area contributed by atoms with Crippen LogP contribution >= 0.6 is 34.5 Å². The van der Waals surface area contributed by atoms with E-state index >= 15 is 0 Å². The highest BCUT2D eigenvalue weighted by atomic mass is 35.5. The first kappa shape index (κ1) is 26.7. The van der Waals surface area contributed by atoms with Gasteiger partial charge in [-0.1, -0.05) is 40.6 Å². The van der Waals surface area contributed by atoms with Crippen LogP contribution in [0.5, 0.6) is 5.75 Å². The summed E-state index contributed by atoms with van der Waals surface area (Å²) in [6.45, 7) is 5.25. The summed E-state index contributed by atoms with van der Waals surface area (Å²) in [6, 6.07) is 8.48. The smallest absolute Gasteiger partial charge is 0.350 e. The van der Waals surface area contributed by atoms with E-state index in [-0.39, 0.29) is 38.0 Å². The SMILES string of the molecule is CCOC(=O)c1sc(N2C(=O)C(=O)/C(=C(/O)c3ccc(OC)c(C)c3)[C@H]2c2ccc(Cl)c(Cl)c2)nc1C. The Morgan fingerprint density at radius 3 is 2.49 bits per heavy atom. The molecule has 0 radical (unpaired) electrons. The number of aryl methyl sites for hydroxylation is 2. The van der Waals surface area contributed by atoms with Crippen molar-refractivity contribution in [3.63, 3.8) is 0 Å². The van der Waals surface area contributed by atoms with Crippen LogP contribution in [0, 0.1) is 13.8 Å². The maximum atomic E-state index is 13.4. The van der Waals surface area contributed by atoms with E-state index in [9.17, 15) is 19.5 Å². The number of ether oxygens (including phenoxy) is 2. The minimum absolute atomic E-state index is 0.101. The molecule has 1 aromatic heterocycles. The van der Waals surface area contributed by atoms with Crippen LogP contribution in [-0.4, -0.2) is 41.5 Å². The van der Waals surface area contributed by atoms with Gasteiger partial charge >= 0.3 is 11.9 Å². The number of aromatic nitrogens is 1. The van der Waals surface area contributed by atoms with Crippen molar-refractivity contribution in [1.29, 1.82) is 0 Å². The normalized spacial score (nSPS) is 16.8. The number of carbonyl (C=O) groups excluding carboxylic acids is 3. The van der Waals surface area contributed by atoms with Gasteiger partial charge in [-0.2, -0.15) is 0 Å². The number of aliphatic hydroxyl groups excluding tert-OH is 1. The molecule has 0 spiro atoms. The number of hydrogen-bond donors (Lipinski definition) is 1. The van der Waals surface area contributed by atoms with Crippen LogP contribution < -0.4 is 9.64 Å². The van der Waals surface area contributed by atoms with E-state index < -0.39 is 23.7 Å². The molecular weight excluding hydrogens is 539 g/mol. The van der Waals surface area contributed by atoms with Crippen LogP contribution in [0.2, 0.25) is 10.0 Å². The second-order valence-electron chi connectivity index (χ2n) is 8.16. The number of amides is 1. The second-order valence-corrected chi connectivity index (χ2v) is 9.95. The average molecular weight is 561 g/mol. The quantitative estimate of drug-likeness (QED) is 0.173. The van der Waals surface area contributed by atoms with Crippen molar-refractivity contribution in [2.75, 3.05) is 18.6 Å². The minimum Gasteiger partial charge on any atom is -0.507 e. The number of rotatable bonds is 6. The number of anilines is 1. The molecule has 0 aliphatic carbocycles. The van der Waals surface area contributed by atoms with Gasteiger partial charge in [-0.05, 0) is 62.2 Å². The molecule has 1 aliphatic rings. The summed E-state index contributed by atoms with van der Waals surface area (Å²) in [6.07, 6.45) is 0. The Morgan fingerprint density at radius 2 is 1.86 bits per heavy atom. The lowest BCUT2D eigenvalue weighted by atomic mass is 9.95. The highest BCUT2D eigenvalue weighted by molar-refractivity contribution is 7.17. The number of hydrogen-bond acceptors (Lipinski definition) is 8. The summed E-state index contributed by atoms with van der Waals surface area (Å²) in [5.74, 6) is -2.18. The monoisotopic (exact) mass is 560 g/mol. The summed E-state index contributed by atoms with van der Waals surface area (Å²) in [5, 5.41) is 11.9. The first-order valence-electron chi connectivity index (χ1n) is 11.1. The first-order valence-corrected chi connectivity index (χ1v) is 12.7. The molecule has 0 unspecified atom stereocenters. The number of carbonyl (C=O) groups is 3. The van der Waals surface area contributed by atoms with Gasteiger partial charge in [0.2, 0.25) is 0 Å². The number of methoxy groups -OCH3 is 1. The molecule has 3 aromatic rings. The maximum Gasteiger partial charge on any atom is 0.350 e. The molecule has 2 aromatic carbocycles. The minimum atomic E-state index is -1.09. The fourth-order valence-corrected chi connectivity index (χ4v) is 5.37. The van der Waals surface area contributed by atoms with E-state index in [1.165, 1.54) is 19.2 Å². The van der Waals surface area contributed by atoms with Crippen LogP contribution in [0.25, 0.3) is 5.76 Å². The van der Waals surface area contributed by atoms with Crippen molar-refractivity contribution in [2.45, 2.75) is 26.8 Å². The fraction of sp³-hybridized carbons (Fsp3) is 0.231. The van der Waals surface area contributed by atoms with Gasteiger partial charge in [-0.3, -0.25) is 14.5 Å². The molecule has 8 nitrogen and oxygen atoms in total. The molecular formula is C26H22Cl2N2O6S. The van der Waals surface area contributed by atoms with Crippen LogP contribution in [0.3, 0.4) is 0 Å². The molecule has 4 rings (SSSR count). The Labute approximate surface area is 227 Å². The van der Waals surface area contributed by atoms with Gasteiger partial charge < -0.3 is 14.6 Å². The summed E-state index contributed by atoms with van der Waals surface area (Å²) in [4.78, 5) is 44.9. The molecule has 0 saturated carbocycles. The molecule has 1 N–H and O–H groups in total. The maximum absolute atomic E-state index is 13.4. The lowest BCUT2D eigenvalue weighted by Gasteiger charge is -2.23. The van der Waals surface area contributed by atoms with Gasteiger partial charge in [0, 0.05) is 5.56 Å². The highest BCUT2D eigenvalue weighted by Crippen LogP contribution is 2.45. The molecule has 1 aliphatic heterocycles. The summed E-state index contributed by atoms with van der Waals surface area (Å²) in [5.41, 5.74) is 1.66. The Kier molecular flexibility index (Phi) is 7.59. The lowest BCUT2D eigenvalue weighted by Crippen LogP contribution is -2.29. The fourth-order valence-electron chi connectivity index (χ4n) is 4.08. The molecule has 1 amide bonds. The number of aliphatic hydroxyl groups is 1. The third-order valence-electron chi connectivity index (χ3n) is 5.82. The number of ketones is 1. The van der Waals surface area contributed by atoms with E-state index in [0.29, 0.717) is 22.6 Å². The zero-order valence-corrected chi connectivity index (χ0v) is 22.6. The Balaban J connectivity index is 1.93. The Hall–Kier alpha value is -3.40. The van der Waals surface area contributed by atoms with Crippen molar-refractivity contribution >= 4 is 63.1 Å². The summed E-state index contributed by atoms with van der Waals surface area (Å²) < 4.78 is 10.4. The molecule has 1 atom stereocenters. The number of thiazole rings is 1. The summed E-state index contributed by atoms with van der Waals surface area (Å²) >= 11 is 13.3. The molecule has 11 heteroatoms. The standard InChI is InChI=1S/C26H22Cl2N2O6S/c1-5-36-25(34)23-13(3)29-26(37-23)30-20(14-6-8-16(27)17(28)11-14)19(22(32)24(30)33)21(31)15-7-9-18(35-4)12(2)10-15/h6-11,20,31H,5H2,1-4H3/b21-19+/t20-/m1/s1. The Bertz CT molecular complexity index is 1470. The molecule has 1 fully saturated rings. The van der Waals surface area contributed by atoms with Crippen LogP contribution in [-0.2, 0) is 14.3 Å².